The van der Waals surface area contributed by atoms with Gasteiger partial charge in [0.15, 0.2) is 0 Å². The molecule has 2 heterocycles. The number of rotatable bonds is 1. The van der Waals surface area contributed by atoms with Crippen molar-refractivity contribution in [3.8, 4) is 11.3 Å². The van der Waals surface area contributed by atoms with Crippen LogP contribution in [0, 0.1) is 6.92 Å². The van der Waals surface area contributed by atoms with Crippen molar-refractivity contribution in [2.45, 2.75) is 13.1 Å². The molecule has 0 fully saturated rings. The van der Waals surface area contributed by atoms with E-state index in [9.17, 15) is 13.2 Å². The minimum Gasteiger partial charge on any atom is -0.299 e. The monoisotopic (exact) mass is 276 g/mol. The fourth-order valence-corrected chi connectivity index (χ4v) is 2.27. The van der Waals surface area contributed by atoms with Gasteiger partial charge in [0.25, 0.3) is 0 Å². The highest BCUT2D eigenvalue weighted by Crippen LogP contribution is 2.31. The molecule has 0 spiro atoms. The van der Waals surface area contributed by atoms with E-state index in [1.807, 2.05) is 30.3 Å². The molecule has 0 bridgehead atoms. The third-order valence-corrected chi connectivity index (χ3v) is 3.17. The third kappa shape index (κ3) is 2.05. The van der Waals surface area contributed by atoms with Crippen LogP contribution >= 0.6 is 0 Å². The lowest BCUT2D eigenvalue weighted by molar-refractivity contribution is -0.137. The van der Waals surface area contributed by atoms with E-state index in [0.29, 0.717) is 17.0 Å². The number of alkyl halides is 3. The first kappa shape index (κ1) is 12.7. The molecule has 0 aliphatic carbocycles. The largest absolute Gasteiger partial charge is 0.417 e. The summed E-state index contributed by atoms with van der Waals surface area (Å²) in [5, 5.41) is 0. The zero-order chi connectivity index (χ0) is 14.3. The Bertz CT molecular complexity index is 758. The van der Waals surface area contributed by atoms with Crippen LogP contribution in [0.25, 0.3) is 16.9 Å². The number of halogens is 3. The Morgan fingerprint density at radius 3 is 2.35 bits per heavy atom. The van der Waals surface area contributed by atoms with Crippen molar-refractivity contribution in [3.05, 3.63) is 59.9 Å². The predicted octanol–water partition coefficient (Wildman–Crippen LogP) is 4.33. The molecule has 3 aromatic rings. The van der Waals surface area contributed by atoms with Gasteiger partial charge in [-0.15, -0.1) is 0 Å². The molecule has 0 unspecified atom stereocenters. The van der Waals surface area contributed by atoms with Gasteiger partial charge in [0, 0.05) is 11.8 Å². The molecular weight excluding hydrogens is 265 g/mol. The van der Waals surface area contributed by atoms with Crippen molar-refractivity contribution in [2.24, 2.45) is 0 Å². The average molecular weight is 276 g/mol. The minimum atomic E-state index is -4.36. The van der Waals surface area contributed by atoms with Crippen LogP contribution < -0.4 is 0 Å². The second-order valence-electron chi connectivity index (χ2n) is 4.56. The molecule has 0 saturated heterocycles. The van der Waals surface area contributed by atoms with Crippen molar-refractivity contribution < 1.29 is 13.2 Å². The summed E-state index contributed by atoms with van der Waals surface area (Å²) in [6, 6.07) is 11.7. The molecule has 3 rings (SSSR count). The maximum Gasteiger partial charge on any atom is 0.417 e. The number of pyridine rings is 1. The molecule has 0 amide bonds. The first-order chi connectivity index (χ1) is 9.47. The molecule has 102 valence electrons. The van der Waals surface area contributed by atoms with Crippen molar-refractivity contribution in [1.29, 1.82) is 0 Å². The lowest BCUT2D eigenvalue weighted by Gasteiger charge is -2.08. The molecule has 2 nitrogen and oxygen atoms in total. The molecule has 2 aromatic heterocycles. The molecule has 0 radical (unpaired) electrons. The first-order valence-electron chi connectivity index (χ1n) is 6.08. The Morgan fingerprint density at radius 2 is 1.70 bits per heavy atom. The molecule has 0 atom stereocenters. The summed E-state index contributed by atoms with van der Waals surface area (Å²) in [4.78, 5) is 4.31. The highest BCUT2D eigenvalue weighted by Gasteiger charge is 2.31. The second kappa shape index (κ2) is 4.37. The molecule has 0 aliphatic heterocycles. The van der Waals surface area contributed by atoms with Crippen molar-refractivity contribution >= 4 is 5.65 Å². The average Bonchev–Trinajstić information content (AvgIpc) is 2.73. The summed E-state index contributed by atoms with van der Waals surface area (Å²) >= 11 is 0. The Balaban J connectivity index is 2.29. The van der Waals surface area contributed by atoms with Gasteiger partial charge < -0.3 is 0 Å². The molecule has 0 saturated carbocycles. The zero-order valence-electron chi connectivity index (χ0n) is 10.6. The quantitative estimate of drug-likeness (QED) is 0.646. The fourth-order valence-electron chi connectivity index (χ4n) is 2.27. The van der Waals surface area contributed by atoms with E-state index >= 15 is 0 Å². The lowest BCUT2D eigenvalue weighted by Crippen LogP contribution is -2.06. The Labute approximate surface area is 113 Å². The van der Waals surface area contributed by atoms with E-state index in [1.54, 1.807) is 6.92 Å². The number of fused-ring (bicyclic) bond motifs is 1. The SMILES string of the molecule is Cc1nc2ccc(C(F)(F)F)cn2c1-c1ccccc1. The standard InChI is InChI=1S/C15H11F3N2/c1-10-14(11-5-3-2-4-6-11)20-9-12(15(16,17)18)7-8-13(20)19-10/h2-9H,1H3. The molecule has 20 heavy (non-hydrogen) atoms. The highest BCUT2D eigenvalue weighted by molar-refractivity contribution is 5.67. The van der Waals surface area contributed by atoms with Crippen molar-refractivity contribution in [3.63, 3.8) is 0 Å². The summed E-state index contributed by atoms with van der Waals surface area (Å²) in [7, 11) is 0. The maximum atomic E-state index is 12.8. The molecular formula is C15H11F3N2. The summed E-state index contributed by atoms with van der Waals surface area (Å²) in [6.45, 7) is 1.79. The van der Waals surface area contributed by atoms with E-state index < -0.39 is 11.7 Å². The number of nitrogens with zero attached hydrogens (tertiary/aromatic N) is 2. The minimum absolute atomic E-state index is 0.509. The zero-order valence-corrected chi connectivity index (χ0v) is 10.6. The van der Waals surface area contributed by atoms with Crippen LogP contribution in [0.4, 0.5) is 13.2 Å². The van der Waals surface area contributed by atoms with E-state index in [1.165, 1.54) is 10.5 Å². The van der Waals surface area contributed by atoms with E-state index in [4.69, 9.17) is 0 Å². The Morgan fingerprint density at radius 1 is 1.00 bits per heavy atom. The van der Waals surface area contributed by atoms with Gasteiger partial charge in [0.2, 0.25) is 0 Å². The van der Waals surface area contributed by atoms with E-state index in [2.05, 4.69) is 4.98 Å². The van der Waals surface area contributed by atoms with Gasteiger partial charge in [-0.2, -0.15) is 13.2 Å². The number of imidazole rings is 1. The Kier molecular flexibility index (Phi) is 2.78. The third-order valence-electron chi connectivity index (χ3n) is 3.17. The summed E-state index contributed by atoms with van der Waals surface area (Å²) in [6.07, 6.45) is -3.27. The van der Waals surface area contributed by atoms with Crippen LogP contribution in [-0.4, -0.2) is 9.38 Å². The van der Waals surface area contributed by atoms with Gasteiger partial charge in [0.1, 0.15) is 5.65 Å². The summed E-state index contributed by atoms with van der Waals surface area (Å²) in [5.74, 6) is 0. The lowest BCUT2D eigenvalue weighted by atomic mass is 10.1. The molecule has 5 heteroatoms. The Hall–Kier alpha value is -2.30. The smallest absolute Gasteiger partial charge is 0.299 e. The van der Waals surface area contributed by atoms with Crippen LogP contribution in [0.15, 0.2) is 48.7 Å². The van der Waals surface area contributed by atoms with E-state index in [-0.39, 0.29) is 0 Å². The molecule has 0 aliphatic rings. The highest BCUT2D eigenvalue weighted by atomic mass is 19.4. The van der Waals surface area contributed by atoms with Gasteiger partial charge in [-0.1, -0.05) is 30.3 Å². The van der Waals surface area contributed by atoms with Crippen LogP contribution in [0.2, 0.25) is 0 Å². The normalized spacial score (nSPS) is 12.0. The summed E-state index contributed by atoms with van der Waals surface area (Å²) < 4.78 is 40.0. The number of benzene rings is 1. The topological polar surface area (TPSA) is 17.3 Å². The summed E-state index contributed by atoms with van der Waals surface area (Å²) in [5.41, 5.74) is 2.06. The van der Waals surface area contributed by atoms with Crippen LogP contribution in [0.5, 0.6) is 0 Å². The first-order valence-corrected chi connectivity index (χ1v) is 6.08. The van der Waals surface area contributed by atoms with Crippen LogP contribution in [0.1, 0.15) is 11.3 Å². The number of aryl methyl sites for hydroxylation is 1. The van der Waals surface area contributed by atoms with Gasteiger partial charge in [-0.05, 0) is 19.1 Å². The predicted molar refractivity (Wildman–Crippen MR) is 70.4 cm³/mol. The maximum absolute atomic E-state index is 12.8. The van der Waals surface area contributed by atoms with Crippen molar-refractivity contribution in [2.75, 3.05) is 0 Å². The van der Waals surface area contributed by atoms with Gasteiger partial charge in [-0.25, -0.2) is 4.98 Å². The van der Waals surface area contributed by atoms with Crippen LogP contribution in [0.3, 0.4) is 0 Å². The number of aromatic nitrogens is 2. The van der Waals surface area contributed by atoms with E-state index in [0.717, 1.165) is 17.8 Å². The number of hydrogen-bond acceptors (Lipinski definition) is 1. The van der Waals surface area contributed by atoms with Gasteiger partial charge in [0.05, 0.1) is 17.0 Å². The molecule has 0 N–H and O–H groups in total. The van der Waals surface area contributed by atoms with Gasteiger partial charge in [-0.3, -0.25) is 4.40 Å². The van der Waals surface area contributed by atoms with Crippen LogP contribution in [-0.2, 0) is 6.18 Å². The van der Waals surface area contributed by atoms with Gasteiger partial charge >= 0.3 is 6.18 Å². The molecule has 1 aromatic carbocycles. The fraction of sp³-hybridized carbons (Fsp3) is 0.133. The second-order valence-corrected chi connectivity index (χ2v) is 4.56. The van der Waals surface area contributed by atoms with Crippen molar-refractivity contribution in [1.82, 2.24) is 9.38 Å². The number of hydrogen-bond donors (Lipinski definition) is 0.